The van der Waals surface area contributed by atoms with E-state index in [9.17, 15) is 9.59 Å². The van der Waals surface area contributed by atoms with Crippen molar-refractivity contribution in [1.82, 2.24) is 14.7 Å². The van der Waals surface area contributed by atoms with Crippen molar-refractivity contribution in [2.45, 2.75) is 6.04 Å². The van der Waals surface area contributed by atoms with Gasteiger partial charge in [-0.05, 0) is 6.07 Å². The molecule has 0 radical (unpaired) electrons. The van der Waals surface area contributed by atoms with Gasteiger partial charge in [0.25, 0.3) is 5.91 Å². The van der Waals surface area contributed by atoms with E-state index in [1.807, 2.05) is 0 Å². The topological polar surface area (TPSA) is 73.7 Å². The van der Waals surface area contributed by atoms with Gasteiger partial charge in [-0.3, -0.25) is 9.48 Å². The van der Waals surface area contributed by atoms with Crippen LogP contribution in [0.5, 0.6) is 0 Å². The molecule has 1 fully saturated rings. The number of hydrogen-bond donors (Lipinski definition) is 0. The number of aryl methyl sites for hydroxylation is 1. The standard InChI is InChI=1S/C11H15N3O4/c1-13-4-3-8(12-13)10(15)14-5-6-18-7-9(14)11(16)17-2/h3-4,9H,5-7H2,1-2H3. The molecule has 0 N–H and O–H groups in total. The lowest BCUT2D eigenvalue weighted by Crippen LogP contribution is -2.53. The zero-order valence-electron chi connectivity index (χ0n) is 10.3. The molecule has 1 unspecified atom stereocenters. The van der Waals surface area contributed by atoms with Crippen LogP contribution in [0.15, 0.2) is 12.3 Å². The van der Waals surface area contributed by atoms with E-state index in [0.29, 0.717) is 18.8 Å². The molecule has 7 nitrogen and oxygen atoms in total. The predicted octanol–water partition coefficient (Wildman–Crippen LogP) is -0.566. The lowest BCUT2D eigenvalue weighted by atomic mass is 10.2. The second-order valence-corrected chi connectivity index (χ2v) is 3.99. The van der Waals surface area contributed by atoms with Gasteiger partial charge in [-0.2, -0.15) is 5.10 Å². The monoisotopic (exact) mass is 253 g/mol. The Balaban J connectivity index is 2.18. The molecule has 1 aromatic rings. The van der Waals surface area contributed by atoms with Gasteiger partial charge in [-0.25, -0.2) is 4.79 Å². The van der Waals surface area contributed by atoms with Crippen LogP contribution in [0.4, 0.5) is 0 Å². The molecule has 1 atom stereocenters. The molecule has 1 saturated heterocycles. The molecule has 2 rings (SSSR count). The Morgan fingerprint density at radius 1 is 1.56 bits per heavy atom. The summed E-state index contributed by atoms with van der Waals surface area (Å²) >= 11 is 0. The summed E-state index contributed by atoms with van der Waals surface area (Å²) in [6, 6.07) is 0.921. The van der Waals surface area contributed by atoms with Gasteiger partial charge >= 0.3 is 5.97 Å². The third-order valence-corrected chi connectivity index (χ3v) is 2.80. The van der Waals surface area contributed by atoms with Crippen molar-refractivity contribution in [2.75, 3.05) is 26.9 Å². The summed E-state index contributed by atoms with van der Waals surface area (Å²) in [6.45, 7) is 0.923. The molecule has 7 heteroatoms. The van der Waals surface area contributed by atoms with Crippen molar-refractivity contribution in [3.8, 4) is 0 Å². The highest BCUT2D eigenvalue weighted by molar-refractivity contribution is 5.95. The van der Waals surface area contributed by atoms with Crippen LogP contribution < -0.4 is 0 Å². The molecular formula is C11H15N3O4. The molecule has 1 aliphatic rings. The summed E-state index contributed by atoms with van der Waals surface area (Å²) in [5, 5.41) is 4.04. The Morgan fingerprint density at radius 3 is 2.94 bits per heavy atom. The molecule has 0 bridgehead atoms. The first kappa shape index (κ1) is 12.6. The van der Waals surface area contributed by atoms with Gasteiger partial charge in [0.05, 0.1) is 20.3 Å². The van der Waals surface area contributed by atoms with Crippen molar-refractivity contribution in [1.29, 1.82) is 0 Å². The van der Waals surface area contributed by atoms with Crippen LogP contribution in [0, 0.1) is 0 Å². The SMILES string of the molecule is COC(=O)C1COCCN1C(=O)c1ccn(C)n1. The van der Waals surface area contributed by atoms with Crippen molar-refractivity contribution >= 4 is 11.9 Å². The molecule has 0 aromatic carbocycles. The number of aromatic nitrogens is 2. The highest BCUT2D eigenvalue weighted by Gasteiger charge is 2.34. The van der Waals surface area contributed by atoms with Gasteiger partial charge in [-0.1, -0.05) is 0 Å². The normalized spacial score (nSPS) is 19.7. The maximum atomic E-state index is 12.2. The summed E-state index contributed by atoms with van der Waals surface area (Å²) in [5.41, 5.74) is 0.313. The van der Waals surface area contributed by atoms with Gasteiger partial charge in [0.1, 0.15) is 5.69 Å². The van der Waals surface area contributed by atoms with Crippen molar-refractivity contribution in [2.24, 2.45) is 7.05 Å². The molecule has 18 heavy (non-hydrogen) atoms. The molecule has 0 spiro atoms. The van der Waals surface area contributed by atoms with Crippen LogP contribution in [0.3, 0.4) is 0 Å². The number of morpholine rings is 1. The molecule has 0 aliphatic carbocycles. The van der Waals surface area contributed by atoms with E-state index in [-0.39, 0.29) is 12.5 Å². The van der Waals surface area contributed by atoms with Crippen LogP contribution in [0.25, 0.3) is 0 Å². The summed E-state index contributed by atoms with van der Waals surface area (Å²) < 4.78 is 11.4. The number of rotatable bonds is 2. The van der Waals surface area contributed by atoms with Crippen LogP contribution in [-0.4, -0.2) is 59.5 Å². The van der Waals surface area contributed by atoms with E-state index in [0.717, 1.165) is 0 Å². The van der Waals surface area contributed by atoms with E-state index in [1.165, 1.54) is 12.0 Å². The third-order valence-electron chi connectivity index (χ3n) is 2.80. The number of carbonyl (C=O) groups excluding carboxylic acids is 2. The first-order valence-electron chi connectivity index (χ1n) is 5.59. The number of ether oxygens (including phenoxy) is 2. The van der Waals surface area contributed by atoms with Gasteiger partial charge in [0.2, 0.25) is 0 Å². The first-order valence-corrected chi connectivity index (χ1v) is 5.59. The maximum absolute atomic E-state index is 12.2. The molecule has 98 valence electrons. The zero-order chi connectivity index (χ0) is 13.1. The molecule has 2 heterocycles. The van der Waals surface area contributed by atoms with Crippen LogP contribution in [0.1, 0.15) is 10.5 Å². The lowest BCUT2D eigenvalue weighted by Gasteiger charge is -2.33. The van der Waals surface area contributed by atoms with Crippen LogP contribution in [0.2, 0.25) is 0 Å². The van der Waals surface area contributed by atoms with Gasteiger partial charge in [0, 0.05) is 19.8 Å². The molecule has 1 amide bonds. The van der Waals surface area contributed by atoms with E-state index in [4.69, 9.17) is 4.74 Å². The molecule has 1 aliphatic heterocycles. The largest absolute Gasteiger partial charge is 0.467 e. The number of hydrogen-bond acceptors (Lipinski definition) is 5. The number of methoxy groups -OCH3 is 1. The summed E-state index contributed by atoms with van der Waals surface area (Å²) in [4.78, 5) is 25.3. The quantitative estimate of drug-likeness (QED) is 0.660. The zero-order valence-corrected chi connectivity index (χ0v) is 10.3. The Morgan fingerprint density at radius 2 is 2.33 bits per heavy atom. The number of esters is 1. The fraction of sp³-hybridized carbons (Fsp3) is 0.545. The minimum atomic E-state index is -0.696. The smallest absolute Gasteiger partial charge is 0.331 e. The summed E-state index contributed by atoms with van der Waals surface area (Å²) in [6.07, 6.45) is 1.68. The Labute approximate surface area is 104 Å². The fourth-order valence-electron chi connectivity index (χ4n) is 1.85. The van der Waals surface area contributed by atoms with Gasteiger partial charge < -0.3 is 14.4 Å². The second-order valence-electron chi connectivity index (χ2n) is 3.99. The van der Waals surface area contributed by atoms with E-state index >= 15 is 0 Å². The maximum Gasteiger partial charge on any atom is 0.331 e. The number of nitrogens with zero attached hydrogens (tertiary/aromatic N) is 3. The Bertz CT molecular complexity index is 457. The van der Waals surface area contributed by atoms with E-state index < -0.39 is 12.0 Å². The van der Waals surface area contributed by atoms with Crippen LogP contribution >= 0.6 is 0 Å². The van der Waals surface area contributed by atoms with Crippen molar-refractivity contribution in [3.05, 3.63) is 18.0 Å². The number of carbonyl (C=O) groups is 2. The second kappa shape index (κ2) is 5.18. The minimum absolute atomic E-state index is 0.158. The Kier molecular flexibility index (Phi) is 3.61. The van der Waals surface area contributed by atoms with Crippen LogP contribution in [-0.2, 0) is 21.3 Å². The van der Waals surface area contributed by atoms with Gasteiger partial charge in [-0.15, -0.1) is 0 Å². The average Bonchev–Trinajstić information content (AvgIpc) is 2.83. The van der Waals surface area contributed by atoms with Gasteiger partial charge in [0.15, 0.2) is 6.04 Å². The van der Waals surface area contributed by atoms with Crippen molar-refractivity contribution < 1.29 is 19.1 Å². The minimum Gasteiger partial charge on any atom is -0.467 e. The predicted molar refractivity (Wildman–Crippen MR) is 60.9 cm³/mol. The third kappa shape index (κ3) is 2.35. The molecular weight excluding hydrogens is 238 g/mol. The highest BCUT2D eigenvalue weighted by atomic mass is 16.5. The van der Waals surface area contributed by atoms with E-state index in [1.54, 1.807) is 24.0 Å². The molecule has 0 saturated carbocycles. The van der Waals surface area contributed by atoms with E-state index in [2.05, 4.69) is 9.84 Å². The first-order chi connectivity index (χ1) is 8.63. The van der Waals surface area contributed by atoms with Crippen molar-refractivity contribution in [3.63, 3.8) is 0 Å². The number of amides is 1. The average molecular weight is 253 g/mol. The summed E-state index contributed by atoms with van der Waals surface area (Å²) in [5.74, 6) is -0.756. The fourth-order valence-corrected chi connectivity index (χ4v) is 1.85. The lowest BCUT2D eigenvalue weighted by molar-refractivity contribution is -0.151. The Hall–Kier alpha value is -1.89. The summed E-state index contributed by atoms with van der Waals surface area (Å²) in [7, 11) is 3.02. The highest BCUT2D eigenvalue weighted by Crippen LogP contribution is 2.12. The molecule has 1 aromatic heterocycles.